The van der Waals surface area contributed by atoms with Crippen LogP contribution >= 0.6 is 0 Å². The van der Waals surface area contributed by atoms with Crippen LogP contribution in [0, 0.1) is 6.92 Å². The molecule has 8 heteroatoms. The van der Waals surface area contributed by atoms with E-state index >= 15 is 0 Å². The largest absolute Gasteiger partial charge is 0.493 e. The third-order valence-corrected chi connectivity index (χ3v) is 5.71. The molecule has 1 fully saturated rings. The van der Waals surface area contributed by atoms with Gasteiger partial charge in [-0.2, -0.15) is 0 Å². The third kappa shape index (κ3) is 2.55. The molecule has 28 heavy (non-hydrogen) atoms. The molecule has 1 unspecified atom stereocenters. The summed E-state index contributed by atoms with van der Waals surface area (Å²) in [6.07, 6.45) is 4.30. The van der Waals surface area contributed by atoms with Crippen LogP contribution in [0.4, 0.5) is 4.79 Å². The van der Waals surface area contributed by atoms with Crippen LogP contribution in [0.2, 0.25) is 0 Å². The van der Waals surface area contributed by atoms with Crippen LogP contribution in [0.25, 0.3) is 0 Å². The Morgan fingerprint density at radius 1 is 1.25 bits per heavy atom. The average molecular weight is 388 g/mol. The van der Waals surface area contributed by atoms with Crippen LogP contribution in [-0.2, 0) is 20.7 Å². The van der Waals surface area contributed by atoms with E-state index in [-0.39, 0.29) is 18.7 Å². The van der Waals surface area contributed by atoms with Crippen molar-refractivity contribution in [1.82, 2.24) is 9.80 Å². The maximum Gasteiger partial charge on any atom is 0.410 e. The molecule has 0 aromatic heterocycles. The number of methoxy groups -OCH3 is 3. The minimum atomic E-state index is -0.605. The maximum absolute atomic E-state index is 13.1. The van der Waals surface area contributed by atoms with E-state index in [4.69, 9.17) is 18.9 Å². The highest BCUT2D eigenvalue weighted by Gasteiger charge is 2.54. The van der Waals surface area contributed by atoms with Gasteiger partial charge in [-0.25, -0.2) is 4.79 Å². The van der Waals surface area contributed by atoms with Gasteiger partial charge in [-0.15, -0.1) is 0 Å². The second kappa shape index (κ2) is 7.01. The van der Waals surface area contributed by atoms with Crippen LogP contribution in [0.5, 0.6) is 11.5 Å². The average Bonchev–Trinajstić information content (AvgIpc) is 3.18. The van der Waals surface area contributed by atoms with Crippen molar-refractivity contribution in [2.45, 2.75) is 37.9 Å². The van der Waals surface area contributed by atoms with E-state index in [1.54, 1.807) is 24.0 Å². The molecule has 0 saturated carbocycles. The van der Waals surface area contributed by atoms with Crippen LogP contribution in [0.15, 0.2) is 18.3 Å². The summed E-state index contributed by atoms with van der Waals surface area (Å²) < 4.78 is 21.7. The summed E-state index contributed by atoms with van der Waals surface area (Å²) in [5.74, 6) is 1.07. The van der Waals surface area contributed by atoms with Crippen molar-refractivity contribution >= 4 is 12.0 Å². The van der Waals surface area contributed by atoms with Gasteiger partial charge in [0.15, 0.2) is 18.3 Å². The van der Waals surface area contributed by atoms with Gasteiger partial charge in [-0.05, 0) is 24.5 Å². The molecule has 150 valence electrons. The Morgan fingerprint density at radius 2 is 2.04 bits per heavy atom. The molecule has 0 spiro atoms. The highest BCUT2D eigenvalue weighted by Crippen LogP contribution is 2.51. The molecule has 1 aromatic carbocycles. The number of fused-ring (bicyclic) bond motifs is 6. The van der Waals surface area contributed by atoms with Crippen LogP contribution in [0.3, 0.4) is 0 Å². The van der Waals surface area contributed by atoms with Gasteiger partial charge in [0.1, 0.15) is 6.04 Å². The van der Waals surface area contributed by atoms with Crippen molar-refractivity contribution in [2.75, 3.05) is 28.1 Å². The molecular formula is C20H24N2O6. The van der Waals surface area contributed by atoms with Gasteiger partial charge in [-0.3, -0.25) is 9.69 Å². The first-order valence-electron chi connectivity index (χ1n) is 9.20. The summed E-state index contributed by atoms with van der Waals surface area (Å²) in [5.41, 5.74) is 2.75. The number of amides is 2. The standard InChI is InChI=1S/C20H24N2O6/c1-11-8-12-9-14-19(23)21-7-5-6-13(21)16(22(14)20(24)27-4)15(12)18(17(11)26-3)28-10-25-2/h5,7-8,13-14,16H,6,9-10H2,1-4H3/t13?,14-,16-/m0/s1. The van der Waals surface area contributed by atoms with E-state index < -0.39 is 18.2 Å². The normalized spacial score (nSPS) is 24.7. The van der Waals surface area contributed by atoms with Gasteiger partial charge in [-0.1, -0.05) is 12.1 Å². The lowest BCUT2D eigenvalue weighted by Crippen LogP contribution is -2.64. The lowest BCUT2D eigenvalue weighted by Gasteiger charge is -2.51. The SMILES string of the molecule is COCOc1c(OC)c(C)cc2c1[C@@H]1C3CC=CN3C(=O)[C@H](C2)N1C(=O)OC. The molecule has 4 rings (SSSR count). The second-order valence-electron chi connectivity index (χ2n) is 7.15. The fraction of sp³-hybridized carbons (Fsp3) is 0.500. The molecular weight excluding hydrogens is 364 g/mol. The van der Waals surface area contributed by atoms with Crippen molar-refractivity contribution in [3.8, 4) is 11.5 Å². The minimum Gasteiger partial charge on any atom is -0.493 e. The molecule has 2 amide bonds. The molecule has 0 aliphatic carbocycles. The number of aryl methyl sites for hydroxylation is 1. The van der Waals surface area contributed by atoms with Gasteiger partial charge < -0.3 is 23.8 Å². The number of carbonyl (C=O) groups excluding carboxylic acids is 2. The Bertz CT molecular complexity index is 852. The van der Waals surface area contributed by atoms with Crippen molar-refractivity contribution in [3.05, 3.63) is 35.0 Å². The first-order chi connectivity index (χ1) is 13.5. The fourth-order valence-corrected chi connectivity index (χ4v) is 4.66. The molecule has 3 atom stereocenters. The van der Waals surface area contributed by atoms with E-state index in [1.807, 2.05) is 25.3 Å². The lowest BCUT2D eigenvalue weighted by atomic mass is 9.79. The Balaban J connectivity index is 1.94. The number of hydrogen-bond acceptors (Lipinski definition) is 6. The molecule has 0 N–H and O–H groups in total. The van der Waals surface area contributed by atoms with Crippen molar-refractivity contribution in [3.63, 3.8) is 0 Å². The first kappa shape index (κ1) is 18.6. The minimum absolute atomic E-state index is 0.0478. The first-order valence-corrected chi connectivity index (χ1v) is 9.20. The van der Waals surface area contributed by atoms with Gasteiger partial charge in [0.05, 0.1) is 26.3 Å². The molecule has 3 aliphatic heterocycles. The van der Waals surface area contributed by atoms with Gasteiger partial charge in [0, 0.05) is 25.3 Å². The van der Waals surface area contributed by atoms with Crippen molar-refractivity contribution < 1.29 is 28.5 Å². The summed E-state index contributed by atoms with van der Waals surface area (Å²) in [5, 5.41) is 0. The molecule has 8 nitrogen and oxygen atoms in total. The third-order valence-electron chi connectivity index (χ3n) is 5.71. The van der Waals surface area contributed by atoms with Crippen LogP contribution in [-0.4, -0.2) is 62.0 Å². The summed E-state index contributed by atoms with van der Waals surface area (Å²) >= 11 is 0. The van der Waals surface area contributed by atoms with Crippen LogP contribution in [0.1, 0.15) is 29.2 Å². The van der Waals surface area contributed by atoms with E-state index in [0.29, 0.717) is 24.3 Å². The fourth-order valence-electron chi connectivity index (χ4n) is 4.66. The summed E-state index contributed by atoms with van der Waals surface area (Å²) in [4.78, 5) is 29.1. The predicted octanol–water partition coefficient (Wildman–Crippen LogP) is 2.15. The number of rotatable bonds is 4. The van der Waals surface area contributed by atoms with E-state index in [9.17, 15) is 9.59 Å². The van der Waals surface area contributed by atoms with Gasteiger partial charge in [0.2, 0.25) is 5.91 Å². The molecule has 1 aromatic rings. The number of hydrogen-bond donors (Lipinski definition) is 0. The monoisotopic (exact) mass is 388 g/mol. The molecule has 3 aliphatic rings. The van der Waals surface area contributed by atoms with E-state index in [0.717, 1.165) is 16.7 Å². The Hall–Kier alpha value is -2.74. The number of nitrogens with zero attached hydrogens (tertiary/aromatic N) is 2. The zero-order chi connectivity index (χ0) is 20.0. The summed E-state index contributed by atoms with van der Waals surface area (Å²) in [7, 11) is 4.47. The molecule has 0 radical (unpaired) electrons. The maximum atomic E-state index is 13.1. The van der Waals surface area contributed by atoms with Gasteiger partial charge in [0.25, 0.3) is 0 Å². The Labute approximate surface area is 163 Å². The highest BCUT2D eigenvalue weighted by atomic mass is 16.7. The quantitative estimate of drug-likeness (QED) is 0.736. The Morgan fingerprint density at radius 3 is 2.71 bits per heavy atom. The lowest BCUT2D eigenvalue weighted by molar-refractivity contribution is -0.145. The number of benzene rings is 1. The molecule has 3 heterocycles. The summed E-state index contributed by atoms with van der Waals surface area (Å²) in [6, 6.07) is 0.815. The zero-order valence-corrected chi connectivity index (χ0v) is 16.4. The summed E-state index contributed by atoms with van der Waals surface area (Å²) in [6.45, 7) is 1.98. The molecule has 1 saturated heterocycles. The number of ether oxygens (including phenoxy) is 4. The molecule has 2 bridgehead atoms. The predicted molar refractivity (Wildman–Crippen MR) is 99.1 cm³/mol. The number of piperazine rings is 1. The zero-order valence-electron chi connectivity index (χ0n) is 16.4. The van der Waals surface area contributed by atoms with Crippen molar-refractivity contribution in [1.29, 1.82) is 0 Å². The topological polar surface area (TPSA) is 77.5 Å². The second-order valence-corrected chi connectivity index (χ2v) is 7.15. The Kier molecular flexibility index (Phi) is 4.66. The van der Waals surface area contributed by atoms with E-state index in [1.165, 1.54) is 7.11 Å². The van der Waals surface area contributed by atoms with Gasteiger partial charge >= 0.3 is 6.09 Å². The number of carbonyl (C=O) groups is 2. The van der Waals surface area contributed by atoms with Crippen molar-refractivity contribution in [2.24, 2.45) is 0 Å². The smallest absolute Gasteiger partial charge is 0.410 e. The highest BCUT2D eigenvalue weighted by molar-refractivity contribution is 5.90. The van der Waals surface area contributed by atoms with E-state index in [2.05, 4.69) is 0 Å². The van der Waals surface area contributed by atoms with Crippen LogP contribution < -0.4 is 9.47 Å².